The summed E-state index contributed by atoms with van der Waals surface area (Å²) < 4.78 is 0. The van der Waals surface area contributed by atoms with Gasteiger partial charge in [0.2, 0.25) is 5.91 Å². The molecule has 14 heavy (non-hydrogen) atoms. The summed E-state index contributed by atoms with van der Waals surface area (Å²) in [7, 11) is 0. The number of halogens is 1. The maximum absolute atomic E-state index is 11.6. The predicted molar refractivity (Wildman–Crippen MR) is 63.1 cm³/mol. The van der Waals surface area contributed by atoms with Crippen molar-refractivity contribution in [2.75, 3.05) is 18.2 Å². The van der Waals surface area contributed by atoms with E-state index in [0.29, 0.717) is 5.88 Å². The molecule has 1 atom stereocenters. The molecular weight excluding hydrogens is 218 g/mol. The molecule has 1 unspecified atom stereocenters. The fourth-order valence-electron chi connectivity index (χ4n) is 1.49. The molecule has 1 N–H and O–H groups in total. The summed E-state index contributed by atoms with van der Waals surface area (Å²) in [6, 6.07) is 0. The van der Waals surface area contributed by atoms with E-state index in [-0.39, 0.29) is 11.2 Å². The molecule has 1 amide bonds. The van der Waals surface area contributed by atoms with E-state index in [1.807, 2.05) is 0 Å². The Labute approximate surface area is 95.2 Å². The number of hydrogen-bond acceptors (Lipinski definition) is 2. The smallest absolute Gasteiger partial charge is 0.233 e. The number of rotatable bonds is 5. The summed E-state index contributed by atoms with van der Waals surface area (Å²) in [6.45, 7) is 0.780. The van der Waals surface area contributed by atoms with Gasteiger partial charge in [0.05, 0.1) is 5.25 Å². The van der Waals surface area contributed by atoms with E-state index >= 15 is 0 Å². The highest BCUT2D eigenvalue weighted by Crippen LogP contribution is 2.24. The van der Waals surface area contributed by atoms with Gasteiger partial charge in [-0.25, -0.2) is 0 Å². The van der Waals surface area contributed by atoms with Crippen LogP contribution < -0.4 is 5.32 Å². The molecular formula is C10H18ClNOS. The highest BCUT2D eigenvalue weighted by atomic mass is 35.5. The summed E-state index contributed by atoms with van der Waals surface area (Å²) in [5, 5.41) is 3.18. The second kappa shape index (κ2) is 7.41. The third kappa shape index (κ3) is 4.56. The normalized spacial score (nSPS) is 21.9. The van der Waals surface area contributed by atoms with Crippen molar-refractivity contribution in [2.24, 2.45) is 0 Å². The van der Waals surface area contributed by atoms with Gasteiger partial charge >= 0.3 is 0 Å². The summed E-state index contributed by atoms with van der Waals surface area (Å²) in [5.74, 6) is 2.05. The monoisotopic (exact) mass is 235 g/mol. The number of alkyl halides is 1. The first-order valence-corrected chi connectivity index (χ1v) is 6.88. The molecule has 0 bridgehead atoms. The minimum absolute atomic E-state index is 0.208. The van der Waals surface area contributed by atoms with E-state index < -0.39 is 0 Å². The zero-order valence-corrected chi connectivity index (χ0v) is 10.0. The zero-order valence-electron chi connectivity index (χ0n) is 8.43. The number of nitrogens with one attached hydrogen (secondary N) is 1. The van der Waals surface area contributed by atoms with E-state index in [2.05, 4.69) is 5.32 Å². The van der Waals surface area contributed by atoms with E-state index in [1.165, 1.54) is 12.8 Å². The SMILES string of the molecule is O=C(NCCCCCl)C1CCCCS1. The second-order valence-corrected chi connectivity index (χ2v) is 5.23. The van der Waals surface area contributed by atoms with Crippen LogP contribution in [0.3, 0.4) is 0 Å². The van der Waals surface area contributed by atoms with Crippen molar-refractivity contribution < 1.29 is 4.79 Å². The Morgan fingerprint density at radius 2 is 2.29 bits per heavy atom. The molecule has 1 heterocycles. The Kier molecular flexibility index (Phi) is 6.45. The molecule has 2 nitrogen and oxygen atoms in total. The Bertz CT molecular complexity index is 172. The maximum Gasteiger partial charge on any atom is 0.233 e. The largest absolute Gasteiger partial charge is 0.355 e. The zero-order chi connectivity index (χ0) is 10.2. The highest BCUT2D eigenvalue weighted by Gasteiger charge is 2.20. The van der Waals surface area contributed by atoms with Gasteiger partial charge in [0.25, 0.3) is 0 Å². The van der Waals surface area contributed by atoms with Crippen LogP contribution >= 0.6 is 23.4 Å². The first kappa shape index (κ1) is 12.2. The number of hydrogen-bond donors (Lipinski definition) is 1. The van der Waals surface area contributed by atoms with Gasteiger partial charge < -0.3 is 5.32 Å². The standard InChI is InChI=1S/C10H18ClNOS/c11-6-2-3-7-12-10(13)9-5-1-4-8-14-9/h9H,1-8H2,(H,12,13). The number of carbonyl (C=O) groups excluding carboxylic acids is 1. The molecule has 0 radical (unpaired) electrons. The van der Waals surface area contributed by atoms with Crippen LogP contribution in [0, 0.1) is 0 Å². The first-order valence-electron chi connectivity index (χ1n) is 5.30. The fourth-order valence-corrected chi connectivity index (χ4v) is 2.90. The molecule has 0 aromatic heterocycles. The topological polar surface area (TPSA) is 29.1 Å². The van der Waals surface area contributed by atoms with E-state index in [4.69, 9.17) is 11.6 Å². The van der Waals surface area contributed by atoms with E-state index in [1.54, 1.807) is 11.8 Å². The summed E-state index contributed by atoms with van der Waals surface area (Å²) in [5.41, 5.74) is 0. The summed E-state index contributed by atoms with van der Waals surface area (Å²) in [4.78, 5) is 11.6. The lowest BCUT2D eigenvalue weighted by Gasteiger charge is -2.20. The molecule has 1 aliphatic rings. The molecule has 82 valence electrons. The van der Waals surface area contributed by atoms with Crippen LogP contribution in [0.5, 0.6) is 0 Å². The molecule has 0 aliphatic carbocycles. The van der Waals surface area contributed by atoms with E-state index in [0.717, 1.165) is 31.6 Å². The lowest BCUT2D eigenvalue weighted by Crippen LogP contribution is -2.34. The summed E-state index contributed by atoms with van der Waals surface area (Å²) in [6.07, 6.45) is 5.49. The van der Waals surface area contributed by atoms with Crippen LogP contribution in [-0.4, -0.2) is 29.3 Å². The van der Waals surface area contributed by atoms with Gasteiger partial charge in [-0.15, -0.1) is 23.4 Å². The molecule has 1 aliphatic heterocycles. The molecule has 0 spiro atoms. The lowest BCUT2D eigenvalue weighted by atomic mass is 10.2. The summed E-state index contributed by atoms with van der Waals surface area (Å²) >= 11 is 7.35. The number of carbonyl (C=O) groups is 1. The van der Waals surface area contributed by atoms with Crippen LogP contribution in [0.4, 0.5) is 0 Å². The Balaban J connectivity index is 2.07. The van der Waals surface area contributed by atoms with Crippen molar-refractivity contribution in [3.63, 3.8) is 0 Å². The number of unbranched alkanes of at least 4 members (excludes halogenated alkanes) is 1. The van der Waals surface area contributed by atoms with Gasteiger partial charge in [-0.1, -0.05) is 6.42 Å². The third-order valence-corrected chi connectivity index (χ3v) is 3.98. The van der Waals surface area contributed by atoms with Crippen molar-refractivity contribution in [2.45, 2.75) is 37.4 Å². The van der Waals surface area contributed by atoms with Crippen molar-refractivity contribution >= 4 is 29.3 Å². The van der Waals surface area contributed by atoms with Crippen molar-refractivity contribution in [1.82, 2.24) is 5.32 Å². The van der Waals surface area contributed by atoms with Crippen LogP contribution in [0.1, 0.15) is 32.1 Å². The van der Waals surface area contributed by atoms with Crippen LogP contribution in [0.15, 0.2) is 0 Å². The highest BCUT2D eigenvalue weighted by molar-refractivity contribution is 8.00. The molecule has 0 aromatic carbocycles. The minimum atomic E-state index is 0.208. The quantitative estimate of drug-likeness (QED) is 0.586. The van der Waals surface area contributed by atoms with Crippen LogP contribution in [0.25, 0.3) is 0 Å². The average molecular weight is 236 g/mol. The van der Waals surface area contributed by atoms with Gasteiger partial charge in [-0.05, 0) is 31.4 Å². The third-order valence-electron chi connectivity index (χ3n) is 2.33. The molecule has 4 heteroatoms. The van der Waals surface area contributed by atoms with Crippen LogP contribution in [-0.2, 0) is 4.79 Å². The first-order chi connectivity index (χ1) is 6.84. The fraction of sp³-hybridized carbons (Fsp3) is 0.900. The molecule has 0 aromatic rings. The number of thioether (sulfide) groups is 1. The molecule has 1 fully saturated rings. The van der Waals surface area contributed by atoms with Gasteiger partial charge in [-0.3, -0.25) is 4.79 Å². The lowest BCUT2D eigenvalue weighted by molar-refractivity contribution is -0.120. The minimum Gasteiger partial charge on any atom is -0.355 e. The number of amides is 1. The van der Waals surface area contributed by atoms with Gasteiger partial charge in [0, 0.05) is 12.4 Å². The second-order valence-electron chi connectivity index (χ2n) is 3.54. The Morgan fingerprint density at radius 1 is 1.43 bits per heavy atom. The maximum atomic E-state index is 11.6. The Hall–Kier alpha value is 0.110. The van der Waals surface area contributed by atoms with Crippen molar-refractivity contribution in [3.8, 4) is 0 Å². The van der Waals surface area contributed by atoms with Gasteiger partial charge in [0.1, 0.15) is 0 Å². The molecule has 0 saturated carbocycles. The molecule has 1 saturated heterocycles. The average Bonchev–Trinajstić information content (AvgIpc) is 2.25. The Morgan fingerprint density at radius 3 is 2.93 bits per heavy atom. The van der Waals surface area contributed by atoms with Gasteiger partial charge in [-0.2, -0.15) is 0 Å². The van der Waals surface area contributed by atoms with Gasteiger partial charge in [0.15, 0.2) is 0 Å². The van der Waals surface area contributed by atoms with E-state index in [9.17, 15) is 4.79 Å². The van der Waals surface area contributed by atoms with Crippen LogP contribution in [0.2, 0.25) is 0 Å². The predicted octanol–water partition coefficient (Wildman–Crippen LogP) is 2.41. The van der Waals surface area contributed by atoms with Crippen molar-refractivity contribution in [1.29, 1.82) is 0 Å². The van der Waals surface area contributed by atoms with Crippen molar-refractivity contribution in [3.05, 3.63) is 0 Å². The molecule has 1 rings (SSSR count).